The van der Waals surface area contributed by atoms with Crippen molar-refractivity contribution in [1.29, 1.82) is 0 Å². The molecule has 6 heteroatoms. The molecule has 0 aromatic heterocycles. The molecule has 0 amide bonds. The van der Waals surface area contributed by atoms with E-state index in [1.165, 1.54) is 12.1 Å². The van der Waals surface area contributed by atoms with Crippen LogP contribution in [0.4, 0.5) is 5.69 Å². The first kappa shape index (κ1) is 13.5. The summed E-state index contributed by atoms with van der Waals surface area (Å²) in [5.74, 6) is 1.00. The SMILES string of the molecule is C#CCCCOc1cccc([N+](=O)[O-])c1C(=O)O. The minimum atomic E-state index is -1.39. The van der Waals surface area contributed by atoms with E-state index in [1.54, 1.807) is 0 Å². The van der Waals surface area contributed by atoms with E-state index in [9.17, 15) is 14.9 Å². The van der Waals surface area contributed by atoms with Gasteiger partial charge in [-0.3, -0.25) is 10.1 Å². The quantitative estimate of drug-likeness (QED) is 0.361. The van der Waals surface area contributed by atoms with E-state index in [0.717, 1.165) is 6.07 Å². The molecule has 0 aliphatic rings. The molecule has 0 fully saturated rings. The lowest BCUT2D eigenvalue weighted by molar-refractivity contribution is -0.385. The van der Waals surface area contributed by atoms with Crippen molar-refractivity contribution in [2.24, 2.45) is 0 Å². The lowest BCUT2D eigenvalue weighted by atomic mass is 10.1. The monoisotopic (exact) mass is 249 g/mol. The highest BCUT2D eigenvalue weighted by atomic mass is 16.6. The van der Waals surface area contributed by atoms with Gasteiger partial charge in [0.05, 0.1) is 11.5 Å². The van der Waals surface area contributed by atoms with E-state index in [4.69, 9.17) is 16.3 Å². The molecule has 0 saturated heterocycles. The van der Waals surface area contributed by atoms with Crippen LogP contribution in [0.15, 0.2) is 18.2 Å². The van der Waals surface area contributed by atoms with Crippen LogP contribution in [0.5, 0.6) is 5.75 Å². The van der Waals surface area contributed by atoms with Crippen molar-refractivity contribution in [3.8, 4) is 18.1 Å². The number of carbonyl (C=O) groups is 1. The Morgan fingerprint density at radius 3 is 2.83 bits per heavy atom. The van der Waals surface area contributed by atoms with Gasteiger partial charge in [-0.25, -0.2) is 4.79 Å². The molecule has 1 N–H and O–H groups in total. The largest absolute Gasteiger partial charge is 0.492 e. The van der Waals surface area contributed by atoms with Gasteiger partial charge in [0.1, 0.15) is 5.75 Å². The Balaban J connectivity index is 2.97. The fourth-order valence-corrected chi connectivity index (χ4v) is 1.36. The molecule has 1 rings (SSSR count). The second-order valence-electron chi connectivity index (χ2n) is 3.37. The van der Waals surface area contributed by atoms with Gasteiger partial charge in [-0.15, -0.1) is 12.3 Å². The molecule has 0 aliphatic carbocycles. The number of nitro benzene ring substituents is 1. The van der Waals surface area contributed by atoms with Gasteiger partial charge >= 0.3 is 5.97 Å². The average Bonchev–Trinajstić information content (AvgIpc) is 2.33. The number of rotatable bonds is 6. The lowest BCUT2D eigenvalue weighted by Crippen LogP contribution is -2.07. The van der Waals surface area contributed by atoms with Crippen LogP contribution in [0, 0.1) is 22.5 Å². The first-order chi connectivity index (χ1) is 8.57. The van der Waals surface area contributed by atoms with Crippen LogP contribution in [-0.2, 0) is 0 Å². The summed E-state index contributed by atoms with van der Waals surface area (Å²) in [5, 5.41) is 19.7. The highest BCUT2D eigenvalue weighted by Crippen LogP contribution is 2.28. The maximum absolute atomic E-state index is 11.0. The van der Waals surface area contributed by atoms with Crippen LogP contribution in [0.1, 0.15) is 23.2 Å². The maximum atomic E-state index is 11.0. The van der Waals surface area contributed by atoms with E-state index in [-0.39, 0.29) is 12.4 Å². The van der Waals surface area contributed by atoms with Crippen LogP contribution in [0.25, 0.3) is 0 Å². The van der Waals surface area contributed by atoms with Crippen LogP contribution in [0.2, 0.25) is 0 Å². The molecule has 0 unspecified atom stereocenters. The van der Waals surface area contributed by atoms with Crippen LogP contribution >= 0.6 is 0 Å². The highest BCUT2D eigenvalue weighted by Gasteiger charge is 2.24. The number of nitro groups is 1. The van der Waals surface area contributed by atoms with Crippen LogP contribution in [0.3, 0.4) is 0 Å². The molecule has 0 atom stereocenters. The number of carboxylic acids is 1. The van der Waals surface area contributed by atoms with Gasteiger partial charge < -0.3 is 9.84 Å². The molecule has 94 valence electrons. The van der Waals surface area contributed by atoms with E-state index < -0.39 is 22.1 Å². The summed E-state index contributed by atoms with van der Waals surface area (Å²) in [6, 6.07) is 3.88. The maximum Gasteiger partial charge on any atom is 0.346 e. The highest BCUT2D eigenvalue weighted by molar-refractivity contribution is 5.95. The zero-order chi connectivity index (χ0) is 13.5. The second-order valence-corrected chi connectivity index (χ2v) is 3.37. The Labute approximate surface area is 103 Å². The van der Waals surface area contributed by atoms with Crippen molar-refractivity contribution < 1.29 is 19.6 Å². The number of hydrogen-bond donors (Lipinski definition) is 1. The van der Waals surface area contributed by atoms with Gasteiger partial charge in [-0.2, -0.15) is 0 Å². The number of ether oxygens (including phenoxy) is 1. The van der Waals surface area contributed by atoms with Crippen LogP contribution < -0.4 is 4.74 Å². The van der Waals surface area contributed by atoms with Gasteiger partial charge in [0, 0.05) is 12.5 Å². The summed E-state index contributed by atoms with van der Waals surface area (Å²) in [5.41, 5.74) is -0.930. The fraction of sp³-hybridized carbons (Fsp3) is 0.250. The molecule has 18 heavy (non-hydrogen) atoms. The zero-order valence-electron chi connectivity index (χ0n) is 9.46. The number of nitrogens with zero attached hydrogens (tertiary/aromatic N) is 1. The Morgan fingerprint density at radius 2 is 2.28 bits per heavy atom. The minimum Gasteiger partial charge on any atom is -0.492 e. The molecule has 0 spiro atoms. The topological polar surface area (TPSA) is 89.7 Å². The van der Waals surface area contributed by atoms with Gasteiger partial charge in [0.2, 0.25) is 0 Å². The zero-order valence-corrected chi connectivity index (χ0v) is 9.46. The first-order valence-electron chi connectivity index (χ1n) is 5.15. The van der Waals surface area contributed by atoms with Crippen molar-refractivity contribution in [3.05, 3.63) is 33.9 Å². The summed E-state index contributed by atoms with van der Waals surface area (Å²) >= 11 is 0. The average molecular weight is 249 g/mol. The standard InChI is InChI=1S/C12H11NO5/c1-2-3-4-8-18-10-7-5-6-9(13(16)17)11(10)12(14)15/h1,5-7H,3-4,8H2,(H,14,15). The Bertz CT molecular complexity index is 504. The third-order valence-electron chi connectivity index (χ3n) is 2.14. The van der Waals surface area contributed by atoms with Crippen LogP contribution in [-0.4, -0.2) is 22.6 Å². The summed E-state index contributed by atoms with van der Waals surface area (Å²) in [6.07, 6.45) is 6.11. The number of terminal acetylenes is 1. The van der Waals surface area contributed by atoms with Crippen molar-refractivity contribution in [3.63, 3.8) is 0 Å². The normalized spacial score (nSPS) is 9.50. The van der Waals surface area contributed by atoms with E-state index in [2.05, 4.69) is 5.92 Å². The van der Waals surface area contributed by atoms with Gasteiger partial charge in [0.15, 0.2) is 5.56 Å². The predicted molar refractivity (Wildman–Crippen MR) is 63.6 cm³/mol. The number of unbranched alkanes of at least 4 members (excludes halogenated alkanes) is 1. The molecule has 0 radical (unpaired) electrons. The van der Waals surface area contributed by atoms with Crippen molar-refractivity contribution in [1.82, 2.24) is 0 Å². The summed E-state index contributed by atoms with van der Waals surface area (Å²) < 4.78 is 5.21. The molecule has 1 aromatic rings. The molecule has 0 saturated carbocycles. The minimum absolute atomic E-state index is 0.0197. The third kappa shape index (κ3) is 3.22. The molecule has 0 heterocycles. The summed E-state index contributed by atoms with van der Waals surface area (Å²) in [6.45, 7) is 0.214. The van der Waals surface area contributed by atoms with E-state index in [0.29, 0.717) is 12.8 Å². The van der Waals surface area contributed by atoms with Gasteiger partial charge in [-0.1, -0.05) is 6.07 Å². The Hall–Kier alpha value is -2.55. The number of carboxylic acid groups (broad SMARTS) is 1. The van der Waals surface area contributed by atoms with E-state index in [1.807, 2.05) is 0 Å². The van der Waals surface area contributed by atoms with Crippen molar-refractivity contribution >= 4 is 11.7 Å². The number of aromatic carboxylic acids is 1. The molecule has 0 aliphatic heterocycles. The lowest BCUT2D eigenvalue weighted by Gasteiger charge is -2.08. The molecule has 1 aromatic carbocycles. The van der Waals surface area contributed by atoms with Crippen molar-refractivity contribution in [2.75, 3.05) is 6.61 Å². The van der Waals surface area contributed by atoms with Gasteiger partial charge in [-0.05, 0) is 12.5 Å². The fourth-order valence-electron chi connectivity index (χ4n) is 1.36. The summed E-state index contributed by atoms with van der Waals surface area (Å²) in [7, 11) is 0. The first-order valence-corrected chi connectivity index (χ1v) is 5.15. The van der Waals surface area contributed by atoms with Gasteiger partial charge in [0.25, 0.3) is 5.69 Å². The summed E-state index contributed by atoms with van der Waals surface area (Å²) in [4.78, 5) is 21.0. The Kier molecular flexibility index (Phi) is 4.69. The second kappa shape index (κ2) is 6.25. The molecule has 0 bridgehead atoms. The molecular formula is C12H11NO5. The Morgan fingerprint density at radius 1 is 1.56 bits per heavy atom. The number of benzene rings is 1. The third-order valence-corrected chi connectivity index (χ3v) is 2.14. The number of hydrogen-bond acceptors (Lipinski definition) is 4. The van der Waals surface area contributed by atoms with E-state index >= 15 is 0 Å². The molecule has 6 nitrogen and oxygen atoms in total. The van der Waals surface area contributed by atoms with Crippen molar-refractivity contribution in [2.45, 2.75) is 12.8 Å². The predicted octanol–water partition coefficient (Wildman–Crippen LogP) is 2.09. The molecular weight excluding hydrogens is 238 g/mol. The smallest absolute Gasteiger partial charge is 0.346 e.